The zero-order valence-corrected chi connectivity index (χ0v) is 25.5. The third-order valence-corrected chi connectivity index (χ3v) is 8.43. The Hall–Kier alpha value is -4.20. The van der Waals surface area contributed by atoms with Crippen LogP contribution in [0, 0.1) is 3.57 Å². The van der Waals surface area contributed by atoms with Crippen LogP contribution in [0.15, 0.2) is 108 Å². The molecule has 0 bridgehead atoms. The van der Waals surface area contributed by atoms with Crippen LogP contribution in [0.3, 0.4) is 0 Å². The second-order valence-corrected chi connectivity index (χ2v) is 12.0. The standard InChI is InChI=1S/C30H20ClIN2O7S/c1-40-26-18-19(17-25(32)27(26)41-42(38,39)23-14-12-20(31)13-15-23)16-24-28(35)33(21-8-4-2-5-9-21)30(37)34(29(24)36)22-10-6-3-7-11-22/h2-18H,1H3. The molecule has 0 aliphatic carbocycles. The van der Waals surface area contributed by atoms with E-state index >= 15 is 0 Å². The van der Waals surface area contributed by atoms with Gasteiger partial charge >= 0.3 is 16.1 Å². The molecule has 42 heavy (non-hydrogen) atoms. The Morgan fingerprint density at radius 1 is 0.786 bits per heavy atom. The number of barbiturate groups is 1. The van der Waals surface area contributed by atoms with Gasteiger partial charge in [-0.05, 0) is 94.9 Å². The third kappa shape index (κ3) is 5.75. The van der Waals surface area contributed by atoms with Crippen molar-refractivity contribution in [2.45, 2.75) is 4.90 Å². The van der Waals surface area contributed by atoms with Gasteiger partial charge in [-0.3, -0.25) is 9.59 Å². The molecular formula is C30H20ClIN2O7S. The Balaban J connectivity index is 1.58. The van der Waals surface area contributed by atoms with E-state index in [1.165, 1.54) is 49.6 Å². The zero-order valence-electron chi connectivity index (χ0n) is 21.7. The number of para-hydroxylation sites is 2. The molecule has 0 atom stereocenters. The van der Waals surface area contributed by atoms with E-state index in [0.29, 0.717) is 14.2 Å². The summed E-state index contributed by atoms with van der Waals surface area (Å²) in [5.41, 5.74) is 0.618. The van der Waals surface area contributed by atoms with Crippen molar-refractivity contribution < 1.29 is 31.7 Å². The summed E-state index contributed by atoms with van der Waals surface area (Å²) in [6.45, 7) is 0. The molecule has 5 rings (SSSR count). The van der Waals surface area contributed by atoms with Crippen molar-refractivity contribution >= 4 is 79.6 Å². The lowest BCUT2D eigenvalue weighted by atomic mass is 10.0. The highest BCUT2D eigenvalue weighted by Gasteiger charge is 2.43. The van der Waals surface area contributed by atoms with Crippen LogP contribution in [0.25, 0.3) is 6.08 Å². The van der Waals surface area contributed by atoms with Gasteiger partial charge in [0.15, 0.2) is 11.5 Å². The molecule has 1 heterocycles. The number of ether oxygens (including phenoxy) is 1. The Morgan fingerprint density at radius 3 is 1.81 bits per heavy atom. The number of amides is 4. The van der Waals surface area contributed by atoms with E-state index in [9.17, 15) is 22.8 Å². The van der Waals surface area contributed by atoms with Crippen molar-refractivity contribution in [2.75, 3.05) is 16.9 Å². The summed E-state index contributed by atoms with van der Waals surface area (Å²) >= 11 is 7.74. The van der Waals surface area contributed by atoms with E-state index in [1.54, 1.807) is 60.7 Å². The Kier molecular flexibility index (Phi) is 8.34. The highest BCUT2D eigenvalue weighted by molar-refractivity contribution is 14.1. The molecule has 1 aliphatic rings. The highest BCUT2D eigenvalue weighted by atomic mass is 127. The lowest BCUT2D eigenvalue weighted by molar-refractivity contribution is -0.121. The average molecular weight is 715 g/mol. The van der Waals surface area contributed by atoms with Crippen LogP contribution in [0.5, 0.6) is 11.5 Å². The van der Waals surface area contributed by atoms with Crippen LogP contribution in [-0.2, 0) is 19.7 Å². The monoisotopic (exact) mass is 714 g/mol. The summed E-state index contributed by atoms with van der Waals surface area (Å²) < 4.78 is 37.0. The fraction of sp³-hybridized carbons (Fsp3) is 0.0333. The first-order valence-electron chi connectivity index (χ1n) is 12.2. The summed E-state index contributed by atoms with van der Waals surface area (Å²) in [6.07, 6.45) is 1.32. The second kappa shape index (κ2) is 12.0. The quantitative estimate of drug-likeness (QED) is 0.0956. The lowest BCUT2D eigenvalue weighted by Crippen LogP contribution is -2.57. The number of halogens is 2. The maximum absolute atomic E-state index is 13.6. The lowest BCUT2D eigenvalue weighted by Gasteiger charge is -2.34. The number of rotatable bonds is 7. The first kappa shape index (κ1) is 29.3. The van der Waals surface area contributed by atoms with Gasteiger partial charge in [-0.1, -0.05) is 48.0 Å². The molecule has 9 nitrogen and oxygen atoms in total. The summed E-state index contributed by atoms with van der Waals surface area (Å²) in [5, 5.41) is 0.365. The molecule has 1 saturated heterocycles. The molecule has 4 aromatic carbocycles. The molecule has 1 aliphatic heterocycles. The van der Waals surface area contributed by atoms with Crippen LogP contribution >= 0.6 is 34.2 Å². The van der Waals surface area contributed by atoms with Gasteiger partial charge in [0.2, 0.25) is 0 Å². The molecule has 1 fully saturated rings. The van der Waals surface area contributed by atoms with Crippen LogP contribution in [-0.4, -0.2) is 33.4 Å². The largest absolute Gasteiger partial charge is 0.493 e. The molecule has 12 heteroatoms. The maximum atomic E-state index is 13.6. The van der Waals surface area contributed by atoms with Crippen LogP contribution in [0.4, 0.5) is 16.2 Å². The number of anilines is 2. The smallest absolute Gasteiger partial charge is 0.343 e. The molecule has 0 saturated carbocycles. The Labute approximate surface area is 260 Å². The van der Waals surface area contributed by atoms with E-state index in [2.05, 4.69) is 0 Å². The van der Waals surface area contributed by atoms with Crippen molar-refractivity contribution in [3.63, 3.8) is 0 Å². The first-order chi connectivity index (χ1) is 20.1. The average Bonchev–Trinajstić information content (AvgIpc) is 2.98. The van der Waals surface area contributed by atoms with E-state index in [4.69, 9.17) is 20.5 Å². The minimum Gasteiger partial charge on any atom is -0.493 e. The molecule has 212 valence electrons. The number of benzene rings is 4. The number of nitrogens with zero attached hydrogens (tertiary/aromatic N) is 2. The van der Waals surface area contributed by atoms with Gasteiger partial charge in [0.1, 0.15) is 10.5 Å². The van der Waals surface area contributed by atoms with Crippen LogP contribution < -0.4 is 18.7 Å². The Morgan fingerprint density at radius 2 is 1.31 bits per heavy atom. The van der Waals surface area contributed by atoms with Crippen molar-refractivity contribution in [2.24, 2.45) is 0 Å². The van der Waals surface area contributed by atoms with Gasteiger partial charge in [-0.2, -0.15) is 8.42 Å². The zero-order chi connectivity index (χ0) is 30.0. The van der Waals surface area contributed by atoms with Crippen molar-refractivity contribution in [1.29, 1.82) is 0 Å². The predicted octanol–water partition coefficient (Wildman–Crippen LogP) is 6.30. The van der Waals surface area contributed by atoms with E-state index in [-0.39, 0.29) is 33.3 Å². The van der Waals surface area contributed by atoms with Gasteiger partial charge in [-0.15, -0.1) is 0 Å². The van der Waals surface area contributed by atoms with Gasteiger partial charge in [0.05, 0.1) is 22.1 Å². The van der Waals surface area contributed by atoms with Crippen molar-refractivity contribution in [1.82, 2.24) is 0 Å². The highest BCUT2D eigenvalue weighted by Crippen LogP contribution is 2.37. The number of carbonyl (C=O) groups excluding carboxylic acids is 3. The first-order valence-corrected chi connectivity index (χ1v) is 15.1. The minimum absolute atomic E-state index is 0.0397. The molecule has 4 aromatic rings. The van der Waals surface area contributed by atoms with E-state index in [1.807, 2.05) is 22.6 Å². The molecule has 4 amide bonds. The second-order valence-electron chi connectivity index (χ2n) is 8.82. The molecule has 0 spiro atoms. The topological polar surface area (TPSA) is 110 Å². The van der Waals surface area contributed by atoms with Gasteiger partial charge in [-0.25, -0.2) is 14.6 Å². The fourth-order valence-electron chi connectivity index (χ4n) is 4.17. The number of methoxy groups -OCH3 is 1. The maximum Gasteiger partial charge on any atom is 0.343 e. The number of imide groups is 2. The van der Waals surface area contributed by atoms with E-state index in [0.717, 1.165) is 9.80 Å². The SMILES string of the molecule is COc1cc(C=C2C(=O)N(c3ccccc3)C(=O)N(c3ccccc3)C2=O)cc(I)c1OS(=O)(=O)c1ccc(Cl)cc1. The van der Waals surface area contributed by atoms with E-state index < -0.39 is 28.0 Å². The molecular weight excluding hydrogens is 695 g/mol. The molecule has 0 radical (unpaired) electrons. The number of carbonyl (C=O) groups is 3. The summed E-state index contributed by atoms with van der Waals surface area (Å²) in [7, 11) is -2.92. The molecule has 0 unspecified atom stereocenters. The minimum atomic E-state index is -4.24. The normalized spacial score (nSPS) is 13.8. The van der Waals surface area contributed by atoms with Crippen molar-refractivity contribution in [3.05, 3.63) is 117 Å². The molecule has 0 N–H and O–H groups in total. The van der Waals surface area contributed by atoms with Crippen LogP contribution in [0.1, 0.15) is 5.56 Å². The number of hydrogen-bond acceptors (Lipinski definition) is 7. The summed E-state index contributed by atoms with van der Waals surface area (Å²) in [5.74, 6) is -1.67. The summed E-state index contributed by atoms with van der Waals surface area (Å²) in [4.78, 5) is 42.5. The third-order valence-electron chi connectivity index (χ3n) is 6.14. The van der Waals surface area contributed by atoms with Gasteiger partial charge in [0.25, 0.3) is 11.8 Å². The number of hydrogen-bond donors (Lipinski definition) is 0. The summed E-state index contributed by atoms with van der Waals surface area (Å²) in [6, 6.07) is 24.1. The number of urea groups is 1. The van der Waals surface area contributed by atoms with Crippen LogP contribution in [0.2, 0.25) is 5.02 Å². The Bertz CT molecular complexity index is 1770. The van der Waals surface area contributed by atoms with Gasteiger partial charge < -0.3 is 8.92 Å². The predicted molar refractivity (Wildman–Crippen MR) is 166 cm³/mol. The molecule has 0 aromatic heterocycles. The van der Waals surface area contributed by atoms with Gasteiger partial charge in [0, 0.05) is 5.02 Å². The van der Waals surface area contributed by atoms with Crippen molar-refractivity contribution in [3.8, 4) is 11.5 Å². The fourth-order valence-corrected chi connectivity index (χ4v) is 6.14.